The minimum absolute atomic E-state index is 0. The predicted octanol–water partition coefficient (Wildman–Crippen LogP) is 4.36. The lowest BCUT2D eigenvalue weighted by Gasteiger charge is -2.13. The van der Waals surface area contributed by atoms with Crippen LogP contribution in [0.3, 0.4) is 0 Å². The smallest absolute Gasteiger partial charge is 0.191 e. The van der Waals surface area contributed by atoms with Gasteiger partial charge in [0.15, 0.2) is 5.96 Å². The Morgan fingerprint density at radius 2 is 1.96 bits per heavy atom. The third-order valence-electron chi connectivity index (χ3n) is 4.57. The second-order valence-electron chi connectivity index (χ2n) is 6.34. The molecule has 0 saturated carbocycles. The molecule has 152 valence electrons. The molecule has 2 aromatic heterocycles. The lowest BCUT2D eigenvalue weighted by atomic mass is 10.3. The number of fused-ring (bicyclic) bond motifs is 1. The average molecular weight is 535 g/mol. The molecule has 0 bridgehead atoms. The van der Waals surface area contributed by atoms with Crippen LogP contribution in [0.1, 0.15) is 17.9 Å². The van der Waals surface area contributed by atoms with Crippen molar-refractivity contribution in [1.82, 2.24) is 24.8 Å². The van der Waals surface area contributed by atoms with Gasteiger partial charge in [-0.15, -0.1) is 24.0 Å². The normalized spacial score (nSPS) is 11.5. The van der Waals surface area contributed by atoms with Crippen molar-refractivity contribution in [2.45, 2.75) is 26.4 Å². The highest BCUT2D eigenvalue weighted by Gasteiger charge is 2.09. The van der Waals surface area contributed by atoms with Crippen molar-refractivity contribution in [3.63, 3.8) is 0 Å². The van der Waals surface area contributed by atoms with Crippen molar-refractivity contribution in [1.29, 1.82) is 0 Å². The molecule has 2 heterocycles. The second-order valence-corrected chi connectivity index (χ2v) is 7.10. The monoisotopic (exact) mass is 534 g/mol. The maximum Gasteiger partial charge on any atom is 0.191 e. The number of aromatic nitrogens is 3. The summed E-state index contributed by atoms with van der Waals surface area (Å²) in [5.74, 6) is 1.78. The van der Waals surface area contributed by atoms with Crippen LogP contribution in [0.5, 0.6) is 0 Å². The maximum atomic E-state index is 6.10. The molecule has 0 unspecified atom stereocenters. The molecule has 3 rings (SSSR count). The number of aliphatic imine (C=N–C) groups is 1. The highest BCUT2D eigenvalue weighted by atomic mass is 127. The molecule has 3 aromatic rings. The molecule has 6 nitrogen and oxygen atoms in total. The Morgan fingerprint density at radius 1 is 1.21 bits per heavy atom. The second kappa shape index (κ2) is 10.4. The topological polar surface area (TPSA) is 59.2 Å². The number of hydrogen-bond donors (Lipinski definition) is 2. The average Bonchev–Trinajstić information content (AvgIpc) is 3.11. The number of benzene rings is 1. The summed E-state index contributed by atoms with van der Waals surface area (Å²) in [6.07, 6.45) is 0.962. The van der Waals surface area contributed by atoms with E-state index in [0.717, 1.165) is 42.5 Å². The summed E-state index contributed by atoms with van der Waals surface area (Å²) >= 11 is 12.2. The SMILES string of the molecule is CN=C(NCCCn1c(C)nc2ccccc21)NCc1cc(Cl)c(Cl)n1C.I. The lowest BCUT2D eigenvalue weighted by Crippen LogP contribution is -2.37. The van der Waals surface area contributed by atoms with E-state index in [-0.39, 0.29) is 24.0 Å². The number of nitrogens with one attached hydrogen (secondary N) is 2. The van der Waals surface area contributed by atoms with Gasteiger partial charge >= 0.3 is 0 Å². The molecule has 0 aliphatic carbocycles. The third-order valence-corrected chi connectivity index (χ3v) is 5.41. The molecule has 9 heteroatoms. The molecule has 1 aromatic carbocycles. The molecule has 0 aliphatic heterocycles. The van der Waals surface area contributed by atoms with Gasteiger partial charge in [0.25, 0.3) is 0 Å². The fraction of sp³-hybridized carbons (Fsp3) is 0.368. The number of rotatable bonds is 6. The van der Waals surface area contributed by atoms with Gasteiger partial charge < -0.3 is 19.8 Å². The van der Waals surface area contributed by atoms with E-state index >= 15 is 0 Å². The molecule has 0 spiro atoms. The Morgan fingerprint density at radius 3 is 2.64 bits per heavy atom. The van der Waals surface area contributed by atoms with E-state index < -0.39 is 0 Å². The number of nitrogens with zero attached hydrogens (tertiary/aromatic N) is 4. The first-order valence-electron chi connectivity index (χ1n) is 8.87. The summed E-state index contributed by atoms with van der Waals surface area (Å²) in [5, 5.41) is 7.72. The molecular weight excluding hydrogens is 510 g/mol. The van der Waals surface area contributed by atoms with Crippen molar-refractivity contribution >= 4 is 64.2 Å². The zero-order valence-corrected chi connectivity index (χ0v) is 20.0. The molecule has 0 atom stereocenters. The molecule has 0 amide bonds. The van der Waals surface area contributed by atoms with Gasteiger partial charge in [0.2, 0.25) is 0 Å². The summed E-state index contributed by atoms with van der Waals surface area (Å²) in [6.45, 7) is 4.34. The third kappa shape index (κ3) is 5.12. The van der Waals surface area contributed by atoms with E-state index in [0.29, 0.717) is 16.7 Å². The van der Waals surface area contributed by atoms with Crippen molar-refractivity contribution in [2.75, 3.05) is 13.6 Å². The number of para-hydroxylation sites is 2. The van der Waals surface area contributed by atoms with Crippen LogP contribution in [0.15, 0.2) is 35.3 Å². The van der Waals surface area contributed by atoms with Gasteiger partial charge in [-0.3, -0.25) is 4.99 Å². The van der Waals surface area contributed by atoms with Crippen LogP contribution < -0.4 is 10.6 Å². The van der Waals surface area contributed by atoms with E-state index in [1.807, 2.05) is 42.8 Å². The van der Waals surface area contributed by atoms with E-state index in [9.17, 15) is 0 Å². The van der Waals surface area contributed by atoms with Crippen molar-refractivity contribution in [3.05, 3.63) is 52.0 Å². The van der Waals surface area contributed by atoms with E-state index in [1.165, 1.54) is 5.52 Å². The highest BCUT2D eigenvalue weighted by Crippen LogP contribution is 2.24. The number of hydrogen-bond acceptors (Lipinski definition) is 2. The van der Waals surface area contributed by atoms with Gasteiger partial charge in [-0.25, -0.2) is 4.98 Å². The Balaban J connectivity index is 0.00000280. The Kier molecular flexibility index (Phi) is 8.45. The molecule has 2 N–H and O–H groups in total. The van der Waals surface area contributed by atoms with Crippen molar-refractivity contribution in [3.8, 4) is 0 Å². The van der Waals surface area contributed by atoms with E-state index in [4.69, 9.17) is 23.2 Å². The zero-order chi connectivity index (χ0) is 19.4. The largest absolute Gasteiger partial charge is 0.356 e. The van der Waals surface area contributed by atoms with Crippen LogP contribution in [0.4, 0.5) is 0 Å². The maximum absolute atomic E-state index is 6.10. The molecule has 0 saturated heterocycles. The highest BCUT2D eigenvalue weighted by molar-refractivity contribution is 14.0. The van der Waals surface area contributed by atoms with Gasteiger partial charge in [0.05, 0.1) is 22.6 Å². The predicted molar refractivity (Wildman–Crippen MR) is 128 cm³/mol. The van der Waals surface area contributed by atoms with Crippen LogP contribution in [-0.2, 0) is 20.1 Å². The molecule has 0 fully saturated rings. The van der Waals surface area contributed by atoms with Gasteiger partial charge in [0, 0.05) is 32.9 Å². The first-order valence-corrected chi connectivity index (χ1v) is 9.63. The lowest BCUT2D eigenvalue weighted by molar-refractivity contribution is 0.623. The molecule has 28 heavy (non-hydrogen) atoms. The minimum atomic E-state index is 0. The van der Waals surface area contributed by atoms with Crippen molar-refractivity contribution < 1.29 is 0 Å². The fourth-order valence-corrected chi connectivity index (χ4v) is 3.49. The first-order chi connectivity index (χ1) is 13.0. The summed E-state index contributed by atoms with van der Waals surface area (Å²) in [6, 6.07) is 10.1. The van der Waals surface area contributed by atoms with Crippen LogP contribution in [0.25, 0.3) is 11.0 Å². The quantitative estimate of drug-likeness (QED) is 0.214. The van der Waals surface area contributed by atoms with E-state index in [1.54, 1.807) is 7.05 Å². The minimum Gasteiger partial charge on any atom is -0.356 e. The van der Waals surface area contributed by atoms with Crippen LogP contribution in [-0.4, -0.2) is 33.7 Å². The van der Waals surface area contributed by atoms with Crippen LogP contribution in [0.2, 0.25) is 10.2 Å². The summed E-state index contributed by atoms with van der Waals surface area (Å²) in [5.41, 5.74) is 3.21. The summed E-state index contributed by atoms with van der Waals surface area (Å²) in [7, 11) is 3.65. The Labute approximate surface area is 192 Å². The number of aryl methyl sites for hydroxylation is 2. The Hall–Kier alpha value is -1.45. The fourth-order valence-electron chi connectivity index (χ4n) is 3.08. The molecule has 0 radical (unpaired) electrons. The van der Waals surface area contributed by atoms with Gasteiger partial charge in [-0.05, 0) is 31.5 Å². The summed E-state index contributed by atoms with van der Waals surface area (Å²) in [4.78, 5) is 8.87. The van der Waals surface area contributed by atoms with Gasteiger partial charge in [-0.2, -0.15) is 0 Å². The first kappa shape index (κ1) is 22.8. The van der Waals surface area contributed by atoms with E-state index in [2.05, 4.69) is 31.2 Å². The molecular formula is C19H25Cl2IN6. The summed E-state index contributed by atoms with van der Waals surface area (Å²) < 4.78 is 4.11. The Bertz CT molecular complexity index is 963. The standard InChI is InChI=1S/C19H24Cl2N6.HI/c1-13-25-16-7-4-5-8-17(16)27(13)10-6-9-23-19(22-2)24-12-14-11-15(20)18(21)26(14)3;/h4-5,7-8,11H,6,9-10,12H2,1-3H3,(H2,22,23,24);1H. The van der Waals surface area contributed by atoms with Gasteiger partial charge in [0.1, 0.15) is 11.0 Å². The zero-order valence-electron chi connectivity index (χ0n) is 16.2. The van der Waals surface area contributed by atoms with Gasteiger partial charge in [-0.1, -0.05) is 35.3 Å². The van der Waals surface area contributed by atoms with Crippen molar-refractivity contribution in [2.24, 2.45) is 12.0 Å². The number of halogens is 3. The number of guanidine groups is 1. The molecule has 0 aliphatic rings. The van der Waals surface area contributed by atoms with Crippen LogP contribution >= 0.6 is 47.2 Å². The van der Waals surface area contributed by atoms with Crippen LogP contribution in [0, 0.1) is 6.92 Å². The number of imidazole rings is 1.